The molecule has 7 rings (SSSR count). The largest absolute Gasteiger partial charge is 0.404 e. The third-order valence-electron chi connectivity index (χ3n) is 10.3. The van der Waals surface area contributed by atoms with Gasteiger partial charge in [0.05, 0.1) is 6.20 Å². The van der Waals surface area contributed by atoms with Gasteiger partial charge in [0.1, 0.15) is 64.6 Å². The van der Waals surface area contributed by atoms with E-state index in [2.05, 4.69) is 46.8 Å². The average molecular weight is 970 g/mol. The van der Waals surface area contributed by atoms with E-state index in [1.54, 1.807) is 12.4 Å². The van der Waals surface area contributed by atoms with E-state index < -0.39 is 144 Å². The molecule has 0 saturated heterocycles. The summed E-state index contributed by atoms with van der Waals surface area (Å²) in [6.07, 6.45) is -1.75. The fraction of sp³-hybridized carbons (Fsp3) is 0.0698. The lowest BCUT2D eigenvalue weighted by atomic mass is 9.12. The molecule has 0 saturated carbocycles. The summed E-state index contributed by atoms with van der Waals surface area (Å²) in [7, 11) is 0. The molecule has 0 N–H and O–H groups in total. The molecule has 0 fully saturated rings. The maximum Gasteiger partial charge on any atom is 0.392 e. The van der Waals surface area contributed by atoms with Gasteiger partial charge in [-0.05, 0) is 31.0 Å². The van der Waals surface area contributed by atoms with Crippen LogP contribution >= 0.6 is 0 Å². The molecule has 0 radical (unpaired) electrons. The number of hydrogen-bond acceptors (Lipinski definition) is 2. The molecular formula is C43H19BF20N2O. The fourth-order valence-electron chi connectivity index (χ4n) is 7.17. The molecule has 6 aromatic carbocycles. The molecule has 0 atom stereocenters. The van der Waals surface area contributed by atoms with Crippen molar-refractivity contribution in [2.24, 2.45) is 0 Å². The van der Waals surface area contributed by atoms with Gasteiger partial charge >= 0.3 is 5.88 Å². The van der Waals surface area contributed by atoms with Crippen molar-refractivity contribution in [2.45, 2.75) is 20.4 Å². The summed E-state index contributed by atoms with van der Waals surface area (Å²) in [5, 5.41) is 0. The van der Waals surface area contributed by atoms with Gasteiger partial charge in [0.25, 0.3) is 0 Å². The molecule has 1 heterocycles. The van der Waals surface area contributed by atoms with Gasteiger partial charge < -0.3 is 4.74 Å². The lowest BCUT2D eigenvalue weighted by Crippen LogP contribution is -2.81. The van der Waals surface area contributed by atoms with E-state index in [9.17, 15) is 52.7 Å². The van der Waals surface area contributed by atoms with Crippen molar-refractivity contribution in [3.05, 3.63) is 200 Å². The van der Waals surface area contributed by atoms with Gasteiger partial charge in [0.2, 0.25) is 0 Å². The van der Waals surface area contributed by atoms with Gasteiger partial charge in [-0.2, -0.15) is 4.57 Å². The Morgan fingerprint density at radius 1 is 0.433 bits per heavy atom. The molecule has 0 aliphatic rings. The van der Waals surface area contributed by atoms with Crippen molar-refractivity contribution in [1.29, 1.82) is 0 Å². The van der Waals surface area contributed by atoms with Gasteiger partial charge in [-0.3, -0.25) is 0 Å². The maximum absolute atomic E-state index is 15.4. The third kappa shape index (κ3) is 8.15. The van der Waals surface area contributed by atoms with E-state index in [0.717, 1.165) is 23.7 Å². The number of aryl methyl sites for hydroxylation is 2. The van der Waals surface area contributed by atoms with Crippen LogP contribution in [0.3, 0.4) is 0 Å². The topological polar surface area (TPSA) is 26.0 Å². The van der Waals surface area contributed by atoms with Crippen molar-refractivity contribution in [1.82, 2.24) is 4.98 Å². The van der Waals surface area contributed by atoms with Gasteiger partial charge in [0, 0.05) is 5.56 Å². The van der Waals surface area contributed by atoms with Crippen LogP contribution in [0, 0.1) is 130 Å². The first-order valence-corrected chi connectivity index (χ1v) is 18.3. The van der Waals surface area contributed by atoms with Gasteiger partial charge in [0.15, 0.2) is 82.5 Å². The number of nitrogens with zero attached hydrogens (tertiary/aromatic N) is 2. The van der Waals surface area contributed by atoms with Crippen LogP contribution in [0.1, 0.15) is 16.7 Å². The molecule has 7 aromatic rings. The molecule has 0 aliphatic carbocycles. The minimum atomic E-state index is -7.22. The first-order valence-electron chi connectivity index (χ1n) is 18.3. The zero-order valence-corrected chi connectivity index (χ0v) is 33.0. The van der Waals surface area contributed by atoms with Gasteiger partial charge in [-0.15, -0.1) is 21.9 Å². The highest BCUT2D eigenvalue weighted by molar-refractivity contribution is 7.20. The highest BCUT2D eigenvalue weighted by Crippen LogP contribution is 2.31. The average Bonchev–Trinajstić information content (AvgIpc) is 3.31. The van der Waals surface area contributed by atoms with Crippen LogP contribution < -0.4 is 31.2 Å². The summed E-state index contributed by atoms with van der Waals surface area (Å²) in [5.41, 5.74) is -10.8. The first-order chi connectivity index (χ1) is 31.4. The van der Waals surface area contributed by atoms with Crippen molar-refractivity contribution in [2.75, 3.05) is 0 Å². The van der Waals surface area contributed by atoms with E-state index in [1.165, 1.54) is 11.1 Å². The fourth-order valence-corrected chi connectivity index (χ4v) is 7.17. The first kappa shape index (κ1) is 49.3. The van der Waals surface area contributed by atoms with E-state index in [4.69, 9.17) is 4.74 Å². The molecule has 67 heavy (non-hydrogen) atoms. The molecule has 0 unspecified atom stereocenters. The summed E-state index contributed by atoms with van der Waals surface area (Å²) >= 11 is 0. The summed E-state index contributed by atoms with van der Waals surface area (Å²) in [5.74, 6) is -69.8. The maximum atomic E-state index is 15.4. The summed E-state index contributed by atoms with van der Waals surface area (Å²) in [6, 6.07) is 16.5. The lowest BCUT2D eigenvalue weighted by molar-refractivity contribution is -0.692. The number of hydrogen-bond donors (Lipinski definition) is 0. The minimum Gasteiger partial charge on any atom is -0.404 e. The van der Waals surface area contributed by atoms with E-state index in [-0.39, 0.29) is 0 Å². The molecule has 0 amide bonds. The number of rotatable bonds is 8. The van der Waals surface area contributed by atoms with Crippen LogP contribution in [-0.2, 0) is 6.54 Å². The Balaban J connectivity index is 0.000000279. The van der Waals surface area contributed by atoms with Crippen LogP contribution in [0.4, 0.5) is 87.8 Å². The normalized spacial score (nSPS) is 11.5. The Hall–Kier alpha value is -7.14. The molecule has 350 valence electrons. The summed E-state index contributed by atoms with van der Waals surface area (Å²) < 4.78 is 302. The van der Waals surface area contributed by atoms with Crippen LogP contribution in [0.2, 0.25) is 0 Å². The predicted molar refractivity (Wildman–Crippen MR) is 195 cm³/mol. The van der Waals surface area contributed by atoms with E-state index >= 15 is 35.1 Å². The highest BCUT2D eigenvalue weighted by Gasteiger charge is 2.52. The molecule has 24 heteroatoms. The van der Waals surface area contributed by atoms with Crippen LogP contribution in [-0.4, -0.2) is 11.1 Å². The zero-order valence-electron chi connectivity index (χ0n) is 33.0. The Kier molecular flexibility index (Phi) is 13.7. The SMILES string of the molecule is Cc1ccc(C)c(Oc2cncc[n+]2Cc2ccccc2)c1.Fc1c(F)c(F)c([B-](c2c(F)c(F)c(F)c(F)c2F)(c2c(F)c(F)c(F)c(F)c2F)c2c(F)c(F)c(F)c(F)c2F)c(F)c1F. The molecule has 3 nitrogen and oxygen atoms in total. The van der Waals surface area contributed by atoms with Crippen molar-refractivity contribution in [3.8, 4) is 11.6 Å². The second kappa shape index (κ2) is 18.6. The molecule has 1 aromatic heterocycles. The van der Waals surface area contributed by atoms with Crippen LogP contribution in [0.5, 0.6) is 11.6 Å². The van der Waals surface area contributed by atoms with Crippen molar-refractivity contribution < 1.29 is 97.1 Å². The molecule has 0 spiro atoms. The molecule has 0 aliphatic heterocycles. The Morgan fingerprint density at radius 3 is 1.10 bits per heavy atom. The lowest BCUT2D eigenvalue weighted by Gasteiger charge is -2.44. The number of halogens is 20. The molecule has 0 bridgehead atoms. The van der Waals surface area contributed by atoms with Gasteiger partial charge in [-0.25, -0.2) is 92.8 Å². The van der Waals surface area contributed by atoms with E-state index in [0.29, 0.717) is 0 Å². The monoisotopic (exact) mass is 970 g/mol. The Morgan fingerprint density at radius 2 is 0.761 bits per heavy atom. The van der Waals surface area contributed by atoms with E-state index in [1.807, 2.05) is 31.3 Å². The smallest absolute Gasteiger partial charge is 0.392 e. The minimum absolute atomic E-state index is 0.736. The number of ether oxygens (including phenoxy) is 1. The van der Waals surface area contributed by atoms with Gasteiger partial charge in [-0.1, -0.05) is 42.5 Å². The second-order valence-electron chi connectivity index (χ2n) is 14.2. The zero-order chi connectivity index (χ0) is 49.7. The quantitative estimate of drug-likeness (QED) is 0.0499. The number of aromatic nitrogens is 2. The summed E-state index contributed by atoms with van der Waals surface area (Å²) in [4.78, 5) is 4.19. The third-order valence-corrected chi connectivity index (χ3v) is 10.3. The standard InChI is InChI=1S/C24BF20.C19H19N2O/c26-5-1(6(27)14(35)21(42)13(5)34)25(2-7(28)15(36)22(43)16(37)8(2)29,3-9(30)17(38)23(44)18(39)10(3)31)4-11(32)19(40)24(45)20(41)12(4)33;1-15-8-9-16(2)18(12-15)22-19-13-20-10-11-21(19)14-17-6-4-3-5-7-17/h;3-13H,14H2,1-2H3/q-1;+1. The van der Waals surface area contributed by atoms with Crippen LogP contribution in [0.25, 0.3) is 0 Å². The van der Waals surface area contributed by atoms with Crippen LogP contribution in [0.15, 0.2) is 67.1 Å². The van der Waals surface area contributed by atoms with Crippen molar-refractivity contribution >= 4 is 28.0 Å². The summed E-state index contributed by atoms with van der Waals surface area (Å²) in [6.45, 7) is 4.86. The predicted octanol–water partition coefficient (Wildman–Crippen LogP) is 9.67. The Labute approximate surface area is 362 Å². The second-order valence-corrected chi connectivity index (χ2v) is 14.2. The molecular weight excluding hydrogens is 951 g/mol. The number of benzene rings is 6. The van der Waals surface area contributed by atoms with Crippen molar-refractivity contribution in [3.63, 3.8) is 0 Å². The highest BCUT2D eigenvalue weighted by atomic mass is 19.2. The Bertz CT molecular complexity index is 2730.